The van der Waals surface area contributed by atoms with E-state index in [4.69, 9.17) is 4.74 Å². The summed E-state index contributed by atoms with van der Waals surface area (Å²) in [6.07, 6.45) is 5.09. The normalized spacial score (nSPS) is 18.9. The topological polar surface area (TPSA) is 67.4 Å². The lowest BCUT2D eigenvalue weighted by Crippen LogP contribution is -2.51. The van der Waals surface area contributed by atoms with E-state index in [1.807, 2.05) is 43.0 Å². The Labute approximate surface area is 141 Å². The third-order valence-corrected chi connectivity index (χ3v) is 4.27. The van der Waals surface area contributed by atoms with Gasteiger partial charge in [-0.3, -0.25) is 0 Å². The fourth-order valence-electron chi connectivity index (χ4n) is 2.79. The fourth-order valence-corrected chi connectivity index (χ4v) is 2.79. The van der Waals surface area contributed by atoms with Gasteiger partial charge in [0.1, 0.15) is 6.33 Å². The maximum atomic E-state index is 12.4. The highest BCUT2D eigenvalue weighted by Gasteiger charge is 2.24. The van der Waals surface area contributed by atoms with Gasteiger partial charge in [0.15, 0.2) is 0 Å². The average molecular weight is 326 g/mol. The van der Waals surface area contributed by atoms with E-state index in [-0.39, 0.29) is 18.1 Å². The third kappa shape index (κ3) is 3.71. The number of nitrogens with one attached hydrogen (secondary N) is 1. The smallest absolute Gasteiger partial charge is 0.318 e. The Bertz CT molecular complexity index is 675. The molecule has 1 aromatic heterocycles. The molecule has 0 saturated carbocycles. The lowest BCUT2D eigenvalue weighted by atomic mass is 10.0. The Morgan fingerprint density at radius 3 is 2.62 bits per heavy atom. The summed E-state index contributed by atoms with van der Waals surface area (Å²) in [5.74, 6) is 0. The van der Waals surface area contributed by atoms with Crippen LogP contribution in [0.4, 0.5) is 4.79 Å². The number of carbonyl (C=O) groups excluding carboxylic acids is 1. The van der Waals surface area contributed by atoms with Gasteiger partial charge in [-0.2, -0.15) is 0 Å². The number of ether oxygens (including phenoxy) is 1. The molecule has 126 valence electrons. The van der Waals surface area contributed by atoms with Gasteiger partial charge in [-0.05, 0) is 25.0 Å². The molecular formula is C18H22N4O2. The van der Waals surface area contributed by atoms with Crippen LogP contribution >= 0.6 is 0 Å². The quantitative estimate of drug-likeness (QED) is 0.941. The minimum atomic E-state index is -0.0615. The van der Waals surface area contributed by atoms with Gasteiger partial charge < -0.3 is 15.0 Å². The molecular weight excluding hydrogens is 304 g/mol. The first kappa shape index (κ1) is 16.4. The largest absolute Gasteiger partial charge is 0.377 e. The monoisotopic (exact) mass is 326 g/mol. The molecule has 1 aliphatic rings. The van der Waals surface area contributed by atoms with E-state index in [0.29, 0.717) is 19.8 Å². The maximum Gasteiger partial charge on any atom is 0.318 e. The lowest BCUT2D eigenvalue weighted by molar-refractivity contribution is 0.0185. The van der Waals surface area contributed by atoms with E-state index in [9.17, 15) is 4.79 Å². The SMILES string of the molecule is C[C@H](NC(=O)N1CCOC[C@@H]1C)c1ccc(-c2cncnc2)cc1. The Morgan fingerprint density at radius 2 is 1.96 bits per heavy atom. The number of rotatable bonds is 3. The van der Waals surface area contributed by atoms with Gasteiger partial charge in [0.25, 0.3) is 0 Å². The number of hydrogen-bond acceptors (Lipinski definition) is 4. The number of morpholine rings is 1. The standard InChI is InChI=1S/C18H22N4O2/c1-13-11-24-8-7-22(13)18(23)21-14(2)15-3-5-16(6-4-15)17-9-19-12-20-10-17/h3-6,9-10,12-14H,7-8,11H2,1-2H3,(H,21,23)/t13-,14-/m0/s1. The second kappa shape index (κ2) is 7.40. The Hall–Kier alpha value is -2.47. The summed E-state index contributed by atoms with van der Waals surface area (Å²) in [5.41, 5.74) is 3.09. The summed E-state index contributed by atoms with van der Waals surface area (Å²) >= 11 is 0. The van der Waals surface area contributed by atoms with Crippen molar-refractivity contribution in [1.82, 2.24) is 20.2 Å². The molecule has 2 aromatic rings. The molecule has 6 nitrogen and oxygen atoms in total. The first-order valence-electron chi connectivity index (χ1n) is 8.15. The van der Waals surface area contributed by atoms with Crippen LogP contribution in [0.5, 0.6) is 0 Å². The molecule has 1 saturated heterocycles. The van der Waals surface area contributed by atoms with Crippen molar-refractivity contribution in [3.63, 3.8) is 0 Å². The summed E-state index contributed by atoms with van der Waals surface area (Å²) in [7, 11) is 0. The highest BCUT2D eigenvalue weighted by Crippen LogP contribution is 2.21. The van der Waals surface area contributed by atoms with Crippen molar-refractivity contribution in [2.75, 3.05) is 19.8 Å². The molecule has 2 atom stereocenters. The van der Waals surface area contributed by atoms with Crippen LogP contribution in [0.3, 0.4) is 0 Å². The molecule has 2 amide bonds. The minimum Gasteiger partial charge on any atom is -0.377 e. The third-order valence-electron chi connectivity index (χ3n) is 4.27. The van der Waals surface area contributed by atoms with Gasteiger partial charge in [-0.1, -0.05) is 24.3 Å². The molecule has 1 aromatic carbocycles. The zero-order chi connectivity index (χ0) is 16.9. The van der Waals surface area contributed by atoms with Crippen molar-refractivity contribution in [2.45, 2.75) is 25.9 Å². The summed E-state index contributed by atoms with van der Waals surface area (Å²) in [6, 6.07) is 8.09. The highest BCUT2D eigenvalue weighted by atomic mass is 16.5. The van der Waals surface area contributed by atoms with Crippen LogP contribution in [0.2, 0.25) is 0 Å². The Kier molecular flexibility index (Phi) is 5.05. The van der Waals surface area contributed by atoms with E-state index in [1.165, 1.54) is 6.33 Å². The van der Waals surface area contributed by atoms with Crippen LogP contribution in [0.1, 0.15) is 25.5 Å². The summed E-state index contributed by atoms with van der Waals surface area (Å²) in [5, 5.41) is 3.06. The van der Waals surface area contributed by atoms with Gasteiger partial charge in [0.2, 0.25) is 0 Å². The Morgan fingerprint density at radius 1 is 1.25 bits per heavy atom. The molecule has 2 heterocycles. The lowest BCUT2D eigenvalue weighted by Gasteiger charge is -2.34. The molecule has 0 aliphatic carbocycles. The maximum absolute atomic E-state index is 12.4. The molecule has 24 heavy (non-hydrogen) atoms. The van der Waals surface area contributed by atoms with E-state index in [1.54, 1.807) is 12.4 Å². The molecule has 3 rings (SSSR count). The molecule has 1 N–H and O–H groups in total. The van der Waals surface area contributed by atoms with Crippen molar-refractivity contribution in [3.05, 3.63) is 48.5 Å². The predicted molar refractivity (Wildman–Crippen MR) is 91.4 cm³/mol. The van der Waals surface area contributed by atoms with Crippen LogP contribution in [-0.4, -0.2) is 46.7 Å². The number of hydrogen-bond donors (Lipinski definition) is 1. The van der Waals surface area contributed by atoms with Gasteiger partial charge in [0, 0.05) is 24.5 Å². The van der Waals surface area contributed by atoms with Crippen LogP contribution in [-0.2, 0) is 4.74 Å². The number of carbonyl (C=O) groups is 1. The van der Waals surface area contributed by atoms with Crippen LogP contribution in [0.15, 0.2) is 43.0 Å². The summed E-state index contributed by atoms with van der Waals surface area (Å²) in [4.78, 5) is 22.3. The van der Waals surface area contributed by atoms with Crippen molar-refractivity contribution >= 4 is 6.03 Å². The molecule has 6 heteroatoms. The van der Waals surface area contributed by atoms with Crippen molar-refractivity contribution < 1.29 is 9.53 Å². The molecule has 0 bridgehead atoms. The molecule has 0 radical (unpaired) electrons. The molecule has 1 fully saturated rings. The first-order chi connectivity index (χ1) is 11.6. The Balaban J connectivity index is 1.64. The number of aromatic nitrogens is 2. The van der Waals surface area contributed by atoms with Gasteiger partial charge >= 0.3 is 6.03 Å². The highest BCUT2D eigenvalue weighted by molar-refractivity contribution is 5.75. The summed E-state index contributed by atoms with van der Waals surface area (Å²) < 4.78 is 5.38. The van der Waals surface area contributed by atoms with Crippen molar-refractivity contribution in [2.24, 2.45) is 0 Å². The summed E-state index contributed by atoms with van der Waals surface area (Å²) in [6.45, 7) is 5.81. The van der Waals surface area contributed by atoms with Gasteiger partial charge in [-0.25, -0.2) is 14.8 Å². The molecule has 0 unspecified atom stereocenters. The average Bonchev–Trinajstić information content (AvgIpc) is 2.63. The number of nitrogens with zero attached hydrogens (tertiary/aromatic N) is 3. The number of urea groups is 1. The van der Waals surface area contributed by atoms with E-state index >= 15 is 0 Å². The second-order valence-corrected chi connectivity index (χ2v) is 6.04. The van der Waals surface area contributed by atoms with Crippen LogP contribution in [0.25, 0.3) is 11.1 Å². The van der Waals surface area contributed by atoms with Crippen molar-refractivity contribution in [3.8, 4) is 11.1 Å². The van der Waals surface area contributed by atoms with Crippen LogP contribution < -0.4 is 5.32 Å². The van der Waals surface area contributed by atoms with E-state index in [0.717, 1.165) is 16.7 Å². The van der Waals surface area contributed by atoms with E-state index in [2.05, 4.69) is 15.3 Å². The van der Waals surface area contributed by atoms with E-state index < -0.39 is 0 Å². The zero-order valence-electron chi connectivity index (χ0n) is 14.0. The van der Waals surface area contributed by atoms with Crippen molar-refractivity contribution in [1.29, 1.82) is 0 Å². The number of benzene rings is 1. The zero-order valence-corrected chi connectivity index (χ0v) is 14.0. The molecule has 1 aliphatic heterocycles. The number of amides is 2. The second-order valence-electron chi connectivity index (χ2n) is 6.04. The minimum absolute atomic E-state index is 0.0427. The molecule has 0 spiro atoms. The first-order valence-corrected chi connectivity index (χ1v) is 8.15. The van der Waals surface area contributed by atoms with Gasteiger partial charge in [-0.15, -0.1) is 0 Å². The van der Waals surface area contributed by atoms with Gasteiger partial charge in [0.05, 0.1) is 25.3 Å². The van der Waals surface area contributed by atoms with Crippen LogP contribution in [0, 0.1) is 0 Å². The predicted octanol–water partition coefficient (Wildman–Crippen LogP) is 2.63. The fraction of sp³-hybridized carbons (Fsp3) is 0.389.